The molecule has 1 aromatic rings. The Kier molecular flexibility index (Phi) is 4.39. The van der Waals surface area contributed by atoms with Crippen molar-refractivity contribution in [1.29, 1.82) is 0 Å². The lowest BCUT2D eigenvalue weighted by molar-refractivity contribution is 0.394. The molecule has 116 valence electrons. The highest BCUT2D eigenvalue weighted by Gasteiger charge is 2.36. The fraction of sp³-hybridized carbons (Fsp3) is 0.417. The number of benzene rings is 1. The van der Waals surface area contributed by atoms with Gasteiger partial charge in [-0.25, -0.2) is 16.8 Å². The van der Waals surface area contributed by atoms with Gasteiger partial charge in [-0.3, -0.25) is 0 Å². The van der Waals surface area contributed by atoms with E-state index in [0.29, 0.717) is 12.0 Å². The molecule has 1 heterocycles. The van der Waals surface area contributed by atoms with Gasteiger partial charge in [0, 0.05) is 18.7 Å². The molecule has 0 aromatic heterocycles. The molecular weight excluding hydrogens is 332 g/mol. The maximum atomic E-state index is 12.6. The van der Waals surface area contributed by atoms with Gasteiger partial charge in [0.05, 0.1) is 16.4 Å². The molecule has 1 aliphatic rings. The van der Waals surface area contributed by atoms with Gasteiger partial charge >= 0.3 is 0 Å². The van der Waals surface area contributed by atoms with Crippen LogP contribution in [-0.4, -0.2) is 50.7 Å². The van der Waals surface area contributed by atoms with Crippen LogP contribution in [0.4, 0.5) is 0 Å². The van der Waals surface area contributed by atoms with Gasteiger partial charge < -0.3 is 5.73 Å². The number of hydrogen-bond donors (Lipinski definition) is 1. The molecule has 1 aliphatic heterocycles. The number of nitrogens with two attached hydrogens (primary N) is 1. The second-order valence-corrected chi connectivity index (χ2v) is 9.64. The predicted molar refractivity (Wildman–Crippen MR) is 84.3 cm³/mol. The molecule has 21 heavy (non-hydrogen) atoms. The molecule has 6 nitrogen and oxygen atoms in total. The Labute approximate surface area is 129 Å². The van der Waals surface area contributed by atoms with Gasteiger partial charge in [-0.2, -0.15) is 4.31 Å². The van der Waals surface area contributed by atoms with Crippen LogP contribution in [0.2, 0.25) is 0 Å². The predicted octanol–water partition coefficient (Wildman–Crippen LogP) is 0.128. The van der Waals surface area contributed by atoms with Crippen LogP contribution in [-0.2, 0) is 19.9 Å². The van der Waals surface area contributed by atoms with Crippen LogP contribution in [0.15, 0.2) is 29.2 Å². The molecule has 0 saturated carbocycles. The fourth-order valence-electron chi connectivity index (χ4n) is 2.23. The van der Waals surface area contributed by atoms with Crippen molar-refractivity contribution in [2.24, 2.45) is 5.73 Å². The smallest absolute Gasteiger partial charge is 0.243 e. The highest BCUT2D eigenvalue weighted by Crippen LogP contribution is 2.23. The third kappa shape index (κ3) is 3.42. The summed E-state index contributed by atoms with van der Waals surface area (Å²) in [5, 5.41) is 0. The highest BCUT2D eigenvalue weighted by molar-refractivity contribution is 7.92. The van der Waals surface area contributed by atoms with Crippen LogP contribution in [0.5, 0.6) is 0 Å². The molecule has 1 saturated heterocycles. The van der Waals surface area contributed by atoms with Crippen molar-refractivity contribution < 1.29 is 16.8 Å². The number of thiocarbonyl (C=S) groups is 1. The van der Waals surface area contributed by atoms with Crippen LogP contribution >= 0.6 is 12.2 Å². The summed E-state index contributed by atoms with van der Waals surface area (Å²) < 4.78 is 49.2. The van der Waals surface area contributed by atoms with Crippen molar-refractivity contribution >= 4 is 37.1 Å². The second-order valence-electron chi connectivity index (χ2n) is 4.97. The topological polar surface area (TPSA) is 97.5 Å². The first-order valence-corrected chi connectivity index (χ1v) is 9.89. The minimum atomic E-state index is -3.77. The zero-order valence-corrected chi connectivity index (χ0v) is 13.8. The Morgan fingerprint density at radius 3 is 2.62 bits per heavy atom. The zero-order valence-electron chi connectivity index (χ0n) is 11.4. The van der Waals surface area contributed by atoms with Crippen molar-refractivity contribution in [3.63, 3.8) is 0 Å². The Morgan fingerprint density at radius 1 is 1.43 bits per heavy atom. The summed E-state index contributed by atoms with van der Waals surface area (Å²) in [6, 6.07) is 5.49. The molecule has 2 rings (SSSR count). The van der Waals surface area contributed by atoms with Gasteiger partial charge in [-0.15, -0.1) is 0 Å². The van der Waals surface area contributed by atoms with Gasteiger partial charge in [0.15, 0.2) is 9.84 Å². The molecule has 0 spiro atoms. The van der Waals surface area contributed by atoms with Gasteiger partial charge in [0.25, 0.3) is 0 Å². The average molecular weight is 348 g/mol. The average Bonchev–Trinajstić information content (AvgIpc) is 2.78. The second kappa shape index (κ2) is 5.64. The van der Waals surface area contributed by atoms with E-state index < -0.39 is 25.9 Å². The molecule has 0 bridgehead atoms. The largest absolute Gasteiger partial charge is 0.389 e. The Morgan fingerprint density at radius 2 is 2.10 bits per heavy atom. The first-order chi connectivity index (χ1) is 9.63. The van der Waals surface area contributed by atoms with E-state index in [9.17, 15) is 16.8 Å². The lowest BCUT2D eigenvalue weighted by Gasteiger charge is -2.23. The summed E-state index contributed by atoms with van der Waals surface area (Å²) in [4.78, 5) is 0.165. The normalized spacial score (nSPS) is 21.5. The molecule has 1 aromatic carbocycles. The van der Waals surface area contributed by atoms with E-state index in [0.717, 1.165) is 4.31 Å². The van der Waals surface area contributed by atoms with E-state index in [1.807, 2.05) is 0 Å². The SMILES string of the molecule is CN(C1CCS(=O)(=O)C1)S(=O)(=O)c1cccc(C(N)=S)c1. The van der Waals surface area contributed by atoms with E-state index in [4.69, 9.17) is 18.0 Å². The number of nitrogens with zero attached hydrogens (tertiary/aromatic N) is 1. The van der Waals surface area contributed by atoms with Crippen molar-refractivity contribution in [2.75, 3.05) is 18.6 Å². The standard InChI is InChI=1S/C12H16N2O4S3/c1-14(10-5-6-20(15,16)8-10)21(17,18)11-4-2-3-9(7-11)12(13)19/h2-4,7,10H,5-6,8H2,1H3,(H2,13,19). The van der Waals surface area contributed by atoms with Crippen molar-refractivity contribution in [2.45, 2.75) is 17.4 Å². The summed E-state index contributed by atoms with van der Waals surface area (Å²) in [6.07, 6.45) is 0.313. The van der Waals surface area contributed by atoms with Crippen molar-refractivity contribution in [3.05, 3.63) is 29.8 Å². The first-order valence-electron chi connectivity index (χ1n) is 6.22. The van der Waals surface area contributed by atoms with E-state index >= 15 is 0 Å². The molecular formula is C12H16N2O4S3. The van der Waals surface area contributed by atoms with Crippen LogP contribution in [0.1, 0.15) is 12.0 Å². The minimum absolute atomic E-state index is 0.0183. The lowest BCUT2D eigenvalue weighted by atomic mass is 10.2. The quantitative estimate of drug-likeness (QED) is 0.777. The van der Waals surface area contributed by atoms with Crippen LogP contribution in [0.25, 0.3) is 0 Å². The molecule has 0 amide bonds. The number of sulfonamides is 1. The van der Waals surface area contributed by atoms with Crippen molar-refractivity contribution in [1.82, 2.24) is 4.31 Å². The molecule has 2 N–H and O–H groups in total. The third-order valence-electron chi connectivity index (χ3n) is 3.52. The monoisotopic (exact) mass is 348 g/mol. The Balaban J connectivity index is 2.34. The molecule has 1 unspecified atom stereocenters. The van der Waals surface area contributed by atoms with Gasteiger partial charge in [-0.1, -0.05) is 24.4 Å². The maximum Gasteiger partial charge on any atom is 0.243 e. The van der Waals surface area contributed by atoms with E-state index in [1.165, 1.54) is 19.2 Å². The molecule has 9 heteroatoms. The summed E-state index contributed by atoms with van der Waals surface area (Å²) in [5.41, 5.74) is 5.96. The molecule has 0 radical (unpaired) electrons. The highest BCUT2D eigenvalue weighted by atomic mass is 32.2. The zero-order chi connectivity index (χ0) is 15.8. The van der Waals surface area contributed by atoms with Crippen LogP contribution in [0.3, 0.4) is 0 Å². The van der Waals surface area contributed by atoms with Crippen molar-refractivity contribution in [3.8, 4) is 0 Å². The molecule has 1 atom stereocenters. The molecule has 1 fully saturated rings. The number of rotatable bonds is 4. The number of hydrogen-bond acceptors (Lipinski definition) is 5. The van der Waals surface area contributed by atoms with E-state index in [2.05, 4.69) is 0 Å². The maximum absolute atomic E-state index is 12.6. The van der Waals surface area contributed by atoms with Gasteiger partial charge in [0.2, 0.25) is 10.0 Å². The van der Waals surface area contributed by atoms with E-state index in [-0.39, 0.29) is 21.4 Å². The summed E-state index contributed by atoms with van der Waals surface area (Å²) in [5.74, 6) is -0.123. The first kappa shape index (κ1) is 16.3. The van der Waals surface area contributed by atoms with Crippen LogP contribution < -0.4 is 5.73 Å². The minimum Gasteiger partial charge on any atom is -0.389 e. The fourth-order valence-corrected chi connectivity index (χ4v) is 5.66. The Bertz CT molecular complexity index is 771. The molecule has 0 aliphatic carbocycles. The van der Waals surface area contributed by atoms with E-state index in [1.54, 1.807) is 12.1 Å². The summed E-state index contributed by atoms with van der Waals surface area (Å²) in [6.45, 7) is 0. The summed E-state index contributed by atoms with van der Waals surface area (Å²) in [7, 11) is -5.53. The summed E-state index contributed by atoms with van der Waals surface area (Å²) >= 11 is 4.84. The van der Waals surface area contributed by atoms with Gasteiger partial charge in [0.1, 0.15) is 4.99 Å². The lowest BCUT2D eigenvalue weighted by Crippen LogP contribution is -2.37. The van der Waals surface area contributed by atoms with Gasteiger partial charge in [-0.05, 0) is 18.6 Å². The third-order valence-corrected chi connectivity index (χ3v) is 7.41. The number of sulfone groups is 1. The Hall–Kier alpha value is -1.03. The van der Waals surface area contributed by atoms with Crippen LogP contribution in [0, 0.1) is 0 Å².